The van der Waals surface area contributed by atoms with Crippen LogP contribution in [0.15, 0.2) is 46.0 Å². The van der Waals surface area contributed by atoms with Crippen molar-refractivity contribution in [2.45, 2.75) is 12.6 Å². The zero-order valence-corrected chi connectivity index (χ0v) is 18.3. The van der Waals surface area contributed by atoms with Crippen molar-refractivity contribution >= 4 is 53.1 Å². The van der Waals surface area contributed by atoms with Crippen molar-refractivity contribution in [3.63, 3.8) is 0 Å². The van der Waals surface area contributed by atoms with Gasteiger partial charge < -0.3 is 15.1 Å². The topological polar surface area (TPSA) is 52.8 Å². The maximum absolute atomic E-state index is 6.19. The van der Waals surface area contributed by atoms with Gasteiger partial charge in [0.2, 0.25) is 0 Å². The van der Waals surface area contributed by atoms with E-state index < -0.39 is 0 Å². The van der Waals surface area contributed by atoms with Crippen molar-refractivity contribution in [2.24, 2.45) is 4.99 Å². The van der Waals surface area contributed by atoms with Crippen LogP contribution in [-0.4, -0.2) is 38.5 Å². The van der Waals surface area contributed by atoms with E-state index in [0.717, 1.165) is 11.3 Å². The minimum atomic E-state index is 0. The Morgan fingerprint density at radius 3 is 2.56 bits per heavy atom. The zero-order chi connectivity index (χ0) is 17.5. The summed E-state index contributed by atoms with van der Waals surface area (Å²) in [7, 11) is 5.76. The number of rotatable bonds is 6. The van der Waals surface area contributed by atoms with Crippen LogP contribution in [0.5, 0.6) is 0 Å². The highest BCUT2D eigenvalue weighted by atomic mass is 127. The van der Waals surface area contributed by atoms with Gasteiger partial charge in [-0.1, -0.05) is 29.3 Å². The first kappa shape index (κ1) is 22.1. The molecule has 25 heavy (non-hydrogen) atoms. The van der Waals surface area contributed by atoms with Gasteiger partial charge in [-0.25, -0.2) is 0 Å². The molecular formula is C17H23Cl2IN4O. The third-order valence-corrected chi connectivity index (χ3v) is 4.23. The lowest BCUT2D eigenvalue weighted by molar-refractivity contribution is 0.258. The largest absolute Gasteiger partial charge is 0.468 e. The molecule has 0 aliphatic rings. The quantitative estimate of drug-likeness (QED) is 0.358. The van der Waals surface area contributed by atoms with Crippen LogP contribution in [0.25, 0.3) is 0 Å². The molecule has 1 aromatic heterocycles. The van der Waals surface area contributed by atoms with E-state index in [9.17, 15) is 0 Å². The molecule has 2 rings (SSSR count). The van der Waals surface area contributed by atoms with Crippen molar-refractivity contribution < 1.29 is 4.42 Å². The number of furan rings is 1. The molecule has 2 N–H and O–H groups in total. The standard InChI is InChI=1S/C17H22Cl2N4O.HI/c1-20-17(21-10-12-6-7-13(18)9-14(12)19)22-11-15(23(2)3)16-5-4-8-24-16;/h4-9,15H,10-11H2,1-3H3,(H2,20,21,22);1H. The SMILES string of the molecule is CN=C(NCc1ccc(Cl)cc1Cl)NCC(c1ccco1)N(C)C.I. The summed E-state index contributed by atoms with van der Waals surface area (Å²) in [6.45, 7) is 1.22. The molecule has 1 atom stereocenters. The maximum Gasteiger partial charge on any atom is 0.191 e. The number of nitrogens with one attached hydrogen (secondary N) is 2. The number of hydrogen-bond acceptors (Lipinski definition) is 3. The molecular weight excluding hydrogens is 474 g/mol. The Balaban J connectivity index is 0.00000312. The van der Waals surface area contributed by atoms with Crippen LogP contribution in [0, 0.1) is 0 Å². The average molecular weight is 497 g/mol. The first-order valence-electron chi connectivity index (χ1n) is 7.59. The fourth-order valence-electron chi connectivity index (χ4n) is 2.28. The lowest BCUT2D eigenvalue weighted by atomic mass is 10.2. The molecule has 0 saturated carbocycles. The van der Waals surface area contributed by atoms with Gasteiger partial charge in [-0.05, 0) is 43.9 Å². The summed E-state index contributed by atoms with van der Waals surface area (Å²) in [6.07, 6.45) is 1.68. The van der Waals surface area contributed by atoms with Crippen LogP contribution in [0.1, 0.15) is 17.4 Å². The molecule has 0 aliphatic heterocycles. The second-order valence-corrected chi connectivity index (χ2v) is 6.38. The number of benzene rings is 1. The minimum absolute atomic E-state index is 0. The second-order valence-electron chi connectivity index (χ2n) is 5.54. The summed E-state index contributed by atoms with van der Waals surface area (Å²) in [5, 5.41) is 7.81. The summed E-state index contributed by atoms with van der Waals surface area (Å²) in [5.41, 5.74) is 0.958. The van der Waals surface area contributed by atoms with Gasteiger partial charge in [-0.3, -0.25) is 9.89 Å². The van der Waals surface area contributed by atoms with E-state index in [-0.39, 0.29) is 30.0 Å². The molecule has 1 heterocycles. The van der Waals surface area contributed by atoms with Gasteiger partial charge in [0.05, 0.1) is 12.3 Å². The Labute approximate surface area is 175 Å². The predicted molar refractivity (Wildman–Crippen MR) is 115 cm³/mol. The molecule has 0 saturated heterocycles. The lowest BCUT2D eigenvalue weighted by Gasteiger charge is -2.23. The summed E-state index contributed by atoms with van der Waals surface area (Å²) in [6, 6.07) is 9.42. The molecule has 0 fully saturated rings. The van der Waals surface area contributed by atoms with Gasteiger partial charge in [0, 0.05) is 30.2 Å². The van der Waals surface area contributed by atoms with Crippen LogP contribution in [0.3, 0.4) is 0 Å². The monoisotopic (exact) mass is 496 g/mol. The third-order valence-electron chi connectivity index (χ3n) is 3.64. The smallest absolute Gasteiger partial charge is 0.191 e. The number of halogens is 3. The van der Waals surface area contributed by atoms with Crippen molar-refractivity contribution in [3.8, 4) is 0 Å². The zero-order valence-electron chi connectivity index (χ0n) is 14.4. The molecule has 2 aromatic rings. The Morgan fingerprint density at radius 2 is 2.00 bits per heavy atom. The summed E-state index contributed by atoms with van der Waals surface area (Å²) in [4.78, 5) is 6.33. The molecule has 0 amide bonds. The Hall–Kier alpha value is -0.960. The van der Waals surface area contributed by atoms with Crippen LogP contribution in [0.2, 0.25) is 10.0 Å². The van der Waals surface area contributed by atoms with Crippen molar-refractivity contribution in [3.05, 3.63) is 58.0 Å². The van der Waals surface area contributed by atoms with Crippen molar-refractivity contribution in [1.29, 1.82) is 0 Å². The Bertz CT molecular complexity index is 677. The molecule has 0 radical (unpaired) electrons. The first-order chi connectivity index (χ1) is 11.5. The van der Waals surface area contributed by atoms with Gasteiger partial charge in [0.15, 0.2) is 5.96 Å². The van der Waals surface area contributed by atoms with Crippen LogP contribution in [-0.2, 0) is 6.54 Å². The molecule has 0 bridgehead atoms. The average Bonchev–Trinajstić information content (AvgIpc) is 3.05. The van der Waals surface area contributed by atoms with Crippen LogP contribution >= 0.6 is 47.2 Å². The number of hydrogen-bond donors (Lipinski definition) is 2. The van der Waals surface area contributed by atoms with Crippen molar-refractivity contribution in [2.75, 3.05) is 27.7 Å². The summed E-state index contributed by atoms with van der Waals surface area (Å²) in [5.74, 6) is 1.60. The van der Waals surface area contributed by atoms with E-state index in [0.29, 0.717) is 29.1 Å². The molecule has 5 nitrogen and oxygen atoms in total. The van der Waals surface area contributed by atoms with Gasteiger partial charge in [-0.2, -0.15) is 0 Å². The molecule has 1 unspecified atom stereocenters. The van der Waals surface area contributed by atoms with E-state index in [1.54, 1.807) is 19.4 Å². The fraction of sp³-hybridized carbons (Fsp3) is 0.353. The van der Waals surface area contributed by atoms with Crippen LogP contribution < -0.4 is 10.6 Å². The van der Waals surface area contributed by atoms with Crippen LogP contribution in [0.4, 0.5) is 0 Å². The fourth-order valence-corrected chi connectivity index (χ4v) is 2.75. The highest BCUT2D eigenvalue weighted by Crippen LogP contribution is 2.21. The highest BCUT2D eigenvalue weighted by Gasteiger charge is 2.17. The van der Waals surface area contributed by atoms with Crippen molar-refractivity contribution in [1.82, 2.24) is 15.5 Å². The number of guanidine groups is 1. The van der Waals surface area contributed by atoms with E-state index >= 15 is 0 Å². The Kier molecular flexibility index (Phi) is 9.63. The lowest BCUT2D eigenvalue weighted by Crippen LogP contribution is -2.41. The van der Waals surface area contributed by atoms with E-state index in [1.807, 2.05) is 38.4 Å². The minimum Gasteiger partial charge on any atom is -0.468 e. The van der Waals surface area contributed by atoms with Gasteiger partial charge in [-0.15, -0.1) is 24.0 Å². The second kappa shape index (κ2) is 10.9. The number of likely N-dealkylation sites (N-methyl/N-ethyl adjacent to an activating group) is 1. The van der Waals surface area contributed by atoms with E-state index in [1.165, 1.54) is 0 Å². The summed E-state index contributed by atoms with van der Waals surface area (Å²) < 4.78 is 5.51. The third kappa shape index (κ3) is 6.69. The molecule has 0 aliphatic carbocycles. The van der Waals surface area contributed by atoms with Gasteiger partial charge >= 0.3 is 0 Å². The molecule has 8 heteroatoms. The highest BCUT2D eigenvalue weighted by molar-refractivity contribution is 14.0. The van der Waals surface area contributed by atoms with Gasteiger partial charge in [0.25, 0.3) is 0 Å². The maximum atomic E-state index is 6.19. The molecule has 0 spiro atoms. The molecule has 1 aromatic carbocycles. The Morgan fingerprint density at radius 1 is 1.24 bits per heavy atom. The van der Waals surface area contributed by atoms with Gasteiger partial charge in [0.1, 0.15) is 5.76 Å². The number of aliphatic imine (C=N–C) groups is 1. The molecule has 138 valence electrons. The van der Waals surface area contributed by atoms with E-state index in [2.05, 4.69) is 20.5 Å². The first-order valence-corrected chi connectivity index (χ1v) is 8.35. The normalized spacial score (nSPS) is 12.6. The predicted octanol–water partition coefficient (Wildman–Crippen LogP) is 4.17. The summed E-state index contributed by atoms with van der Waals surface area (Å²) >= 11 is 12.1. The number of nitrogens with zero attached hydrogens (tertiary/aromatic N) is 2. The van der Waals surface area contributed by atoms with E-state index in [4.69, 9.17) is 27.6 Å².